The zero-order chi connectivity index (χ0) is 6.24. The number of unbranched alkanes of at least 4 members (excludes halogenated alkanes) is 1. The molecule has 0 radical (unpaired) electrons. The Morgan fingerprint density at radius 1 is 1.50 bits per heavy atom. The van der Waals surface area contributed by atoms with E-state index < -0.39 is 0 Å². The van der Waals surface area contributed by atoms with Gasteiger partial charge in [0.25, 0.3) is 0 Å². The number of halogens is 1. The van der Waals surface area contributed by atoms with Gasteiger partial charge in [0.05, 0.1) is 0 Å². The van der Waals surface area contributed by atoms with Gasteiger partial charge in [-0.1, -0.05) is 15.9 Å². The summed E-state index contributed by atoms with van der Waals surface area (Å²) in [5.41, 5.74) is 0. The lowest BCUT2D eigenvalue weighted by molar-refractivity contribution is 0.914. The number of nitrogens with zero attached hydrogens (tertiary/aromatic N) is 1. The van der Waals surface area contributed by atoms with E-state index in [9.17, 15) is 0 Å². The van der Waals surface area contributed by atoms with E-state index in [0.717, 1.165) is 17.5 Å². The maximum Gasteiger partial charge on any atom is 0.133 e. The number of thioether (sulfide) groups is 1. The SMILES string of the molecule is N#CSCCCCBr. The van der Waals surface area contributed by atoms with Gasteiger partial charge in [-0.2, -0.15) is 5.26 Å². The van der Waals surface area contributed by atoms with Crippen molar-refractivity contribution >= 4 is 27.7 Å². The van der Waals surface area contributed by atoms with Gasteiger partial charge in [0, 0.05) is 11.1 Å². The van der Waals surface area contributed by atoms with Crippen molar-refractivity contribution in [3.05, 3.63) is 0 Å². The number of alkyl halides is 1. The van der Waals surface area contributed by atoms with Crippen LogP contribution < -0.4 is 0 Å². The van der Waals surface area contributed by atoms with Crippen LogP contribution >= 0.6 is 27.7 Å². The Balaban J connectivity index is 2.65. The van der Waals surface area contributed by atoms with Crippen LogP contribution in [0.3, 0.4) is 0 Å². The molecule has 0 spiro atoms. The van der Waals surface area contributed by atoms with Crippen LogP contribution in [0.5, 0.6) is 0 Å². The number of hydrogen-bond donors (Lipinski definition) is 0. The molecule has 3 heteroatoms. The van der Waals surface area contributed by atoms with Gasteiger partial charge in [-0.15, -0.1) is 0 Å². The van der Waals surface area contributed by atoms with Crippen LogP contribution in [0.2, 0.25) is 0 Å². The normalized spacial score (nSPS) is 8.50. The molecule has 0 aliphatic heterocycles. The van der Waals surface area contributed by atoms with Gasteiger partial charge in [0.1, 0.15) is 5.40 Å². The monoisotopic (exact) mass is 193 g/mol. The summed E-state index contributed by atoms with van der Waals surface area (Å²) in [6.45, 7) is 0. The highest BCUT2D eigenvalue weighted by molar-refractivity contribution is 9.09. The molecule has 0 aliphatic carbocycles. The van der Waals surface area contributed by atoms with Gasteiger partial charge >= 0.3 is 0 Å². The minimum absolute atomic E-state index is 0.974. The van der Waals surface area contributed by atoms with Crippen LogP contribution in [0, 0.1) is 10.7 Å². The first-order valence-corrected chi connectivity index (χ1v) is 4.59. The Kier molecular flexibility index (Phi) is 7.61. The second kappa shape index (κ2) is 7.32. The van der Waals surface area contributed by atoms with Crippen molar-refractivity contribution in [2.75, 3.05) is 11.1 Å². The number of rotatable bonds is 4. The van der Waals surface area contributed by atoms with Crippen molar-refractivity contribution < 1.29 is 0 Å². The van der Waals surface area contributed by atoms with Gasteiger partial charge in [-0.05, 0) is 24.6 Å². The van der Waals surface area contributed by atoms with Crippen LogP contribution in [0.1, 0.15) is 12.8 Å². The first-order valence-electron chi connectivity index (χ1n) is 2.48. The van der Waals surface area contributed by atoms with E-state index in [0.29, 0.717) is 0 Å². The Hall–Kier alpha value is 0.320. The fraction of sp³-hybridized carbons (Fsp3) is 0.800. The lowest BCUT2D eigenvalue weighted by Crippen LogP contribution is -1.77. The highest BCUT2D eigenvalue weighted by Crippen LogP contribution is 2.02. The summed E-state index contributed by atoms with van der Waals surface area (Å²) in [6, 6.07) is 0. The standard InChI is InChI=1S/C5H8BrNS/c6-3-1-2-4-8-5-7/h1-4H2. The van der Waals surface area contributed by atoms with Crippen molar-refractivity contribution in [2.24, 2.45) is 0 Å². The molecule has 0 heterocycles. The van der Waals surface area contributed by atoms with E-state index in [4.69, 9.17) is 5.26 Å². The average Bonchev–Trinajstić information content (AvgIpc) is 1.81. The Morgan fingerprint density at radius 3 is 2.75 bits per heavy atom. The minimum atomic E-state index is 0.974. The van der Waals surface area contributed by atoms with Crippen molar-refractivity contribution in [2.45, 2.75) is 12.8 Å². The second-order valence-electron chi connectivity index (χ2n) is 1.34. The third kappa shape index (κ3) is 6.32. The summed E-state index contributed by atoms with van der Waals surface area (Å²) in [7, 11) is 0. The number of thiocyanates is 1. The summed E-state index contributed by atoms with van der Waals surface area (Å²) in [6.07, 6.45) is 2.32. The lowest BCUT2D eigenvalue weighted by Gasteiger charge is -1.88. The number of hydrogen-bond acceptors (Lipinski definition) is 2. The number of nitriles is 1. The molecular formula is C5H8BrNS. The van der Waals surface area contributed by atoms with E-state index in [2.05, 4.69) is 15.9 Å². The topological polar surface area (TPSA) is 23.8 Å². The van der Waals surface area contributed by atoms with E-state index >= 15 is 0 Å². The quantitative estimate of drug-likeness (QED) is 0.389. The maximum atomic E-state index is 8.07. The molecule has 0 saturated carbocycles. The van der Waals surface area contributed by atoms with E-state index in [-0.39, 0.29) is 0 Å². The second-order valence-corrected chi connectivity index (χ2v) is 3.01. The fourth-order valence-electron chi connectivity index (χ4n) is 0.314. The van der Waals surface area contributed by atoms with Crippen molar-refractivity contribution in [3.63, 3.8) is 0 Å². The molecule has 0 saturated heterocycles. The van der Waals surface area contributed by atoms with Gasteiger partial charge < -0.3 is 0 Å². The highest BCUT2D eigenvalue weighted by Gasteiger charge is 1.84. The van der Waals surface area contributed by atoms with Crippen molar-refractivity contribution in [1.29, 1.82) is 5.26 Å². The van der Waals surface area contributed by atoms with E-state index in [1.807, 2.05) is 5.40 Å². The van der Waals surface area contributed by atoms with Crippen molar-refractivity contribution in [1.82, 2.24) is 0 Å². The molecule has 0 N–H and O–H groups in total. The van der Waals surface area contributed by atoms with Crippen LogP contribution in [0.15, 0.2) is 0 Å². The fourth-order valence-corrected chi connectivity index (χ4v) is 1.15. The summed E-state index contributed by atoms with van der Waals surface area (Å²) in [5.74, 6) is 0.974. The van der Waals surface area contributed by atoms with Gasteiger partial charge in [0.2, 0.25) is 0 Å². The van der Waals surface area contributed by atoms with Crippen LogP contribution in [-0.4, -0.2) is 11.1 Å². The molecule has 0 unspecified atom stereocenters. The minimum Gasteiger partial charge on any atom is -0.185 e. The molecule has 0 bridgehead atoms. The van der Waals surface area contributed by atoms with Gasteiger partial charge in [-0.3, -0.25) is 0 Å². The highest BCUT2D eigenvalue weighted by atomic mass is 79.9. The lowest BCUT2D eigenvalue weighted by atomic mass is 10.4. The summed E-state index contributed by atoms with van der Waals surface area (Å²) < 4.78 is 0. The zero-order valence-corrected chi connectivity index (χ0v) is 6.96. The van der Waals surface area contributed by atoms with Crippen LogP contribution in [0.25, 0.3) is 0 Å². The molecule has 1 nitrogen and oxygen atoms in total. The largest absolute Gasteiger partial charge is 0.185 e. The molecule has 0 fully saturated rings. The van der Waals surface area contributed by atoms with Gasteiger partial charge in [-0.25, -0.2) is 0 Å². The molecule has 0 atom stereocenters. The van der Waals surface area contributed by atoms with E-state index in [1.165, 1.54) is 18.2 Å². The van der Waals surface area contributed by atoms with Gasteiger partial charge in [0.15, 0.2) is 0 Å². The zero-order valence-electron chi connectivity index (χ0n) is 4.56. The molecular weight excluding hydrogens is 186 g/mol. The average molecular weight is 194 g/mol. The summed E-state index contributed by atoms with van der Waals surface area (Å²) in [4.78, 5) is 0. The molecule has 0 amide bonds. The first kappa shape index (κ1) is 8.32. The van der Waals surface area contributed by atoms with E-state index in [1.54, 1.807) is 0 Å². The summed E-state index contributed by atoms with van der Waals surface area (Å²) >= 11 is 4.64. The van der Waals surface area contributed by atoms with Crippen molar-refractivity contribution in [3.8, 4) is 5.40 Å². The van der Waals surface area contributed by atoms with Crippen LogP contribution in [0.4, 0.5) is 0 Å². The predicted molar refractivity (Wildman–Crippen MR) is 41.1 cm³/mol. The first-order chi connectivity index (χ1) is 3.91. The smallest absolute Gasteiger partial charge is 0.133 e. The predicted octanol–water partition coefficient (Wildman–Crippen LogP) is 2.38. The Labute approximate surface area is 62.6 Å². The summed E-state index contributed by atoms with van der Waals surface area (Å²) in [5, 5.41) is 11.1. The Bertz CT molecular complexity index is 79.0. The molecule has 0 rings (SSSR count). The molecule has 0 aliphatic rings. The Morgan fingerprint density at radius 2 is 2.25 bits per heavy atom. The third-order valence-electron chi connectivity index (χ3n) is 0.695. The molecule has 0 aromatic carbocycles. The molecule has 46 valence electrons. The molecule has 0 aromatic rings. The maximum absolute atomic E-state index is 8.07. The van der Waals surface area contributed by atoms with Crippen LogP contribution in [-0.2, 0) is 0 Å². The molecule has 8 heavy (non-hydrogen) atoms. The molecule has 0 aromatic heterocycles. The third-order valence-corrected chi connectivity index (χ3v) is 1.88.